The van der Waals surface area contributed by atoms with E-state index in [9.17, 15) is 0 Å². The van der Waals surface area contributed by atoms with Gasteiger partial charge in [0.25, 0.3) is 0 Å². The summed E-state index contributed by atoms with van der Waals surface area (Å²) in [4.78, 5) is 6.48. The van der Waals surface area contributed by atoms with E-state index < -0.39 is 0 Å². The van der Waals surface area contributed by atoms with Crippen LogP contribution in [0.4, 0.5) is 5.69 Å². The number of nitriles is 1. The van der Waals surface area contributed by atoms with Crippen LogP contribution in [0.5, 0.6) is 0 Å². The summed E-state index contributed by atoms with van der Waals surface area (Å²) in [6.07, 6.45) is 1.71. The average molecular weight is 311 g/mol. The van der Waals surface area contributed by atoms with Gasteiger partial charge < -0.3 is 10.2 Å². The largest absolute Gasteiger partial charge is 0.368 e. The molecule has 1 aromatic carbocycles. The Bertz CT molecular complexity index is 618. The van der Waals surface area contributed by atoms with Crippen LogP contribution in [-0.4, -0.2) is 31.2 Å². The molecule has 1 fully saturated rings. The number of piperazine rings is 1. The fraction of sp³-hybridized carbons (Fsp3) is 0.286. The highest BCUT2D eigenvalue weighted by Crippen LogP contribution is 2.27. The van der Waals surface area contributed by atoms with Crippen molar-refractivity contribution in [1.29, 1.82) is 5.26 Å². The zero-order chi connectivity index (χ0) is 12.4. The van der Waals surface area contributed by atoms with E-state index in [-0.39, 0.29) is 24.8 Å². The van der Waals surface area contributed by atoms with Crippen molar-refractivity contribution in [2.24, 2.45) is 0 Å². The van der Waals surface area contributed by atoms with Crippen LogP contribution in [-0.2, 0) is 0 Å². The number of halogens is 2. The SMILES string of the molecule is Cl.Cl.N#Cc1nccc2c(N3CCNCC3)cccc12. The Balaban J connectivity index is 0.000001000. The van der Waals surface area contributed by atoms with Gasteiger partial charge in [0.15, 0.2) is 0 Å². The summed E-state index contributed by atoms with van der Waals surface area (Å²) in [5, 5.41) is 14.5. The Morgan fingerprint density at radius 3 is 2.55 bits per heavy atom. The summed E-state index contributed by atoms with van der Waals surface area (Å²) in [7, 11) is 0. The molecule has 0 aliphatic carbocycles. The summed E-state index contributed by atoms with van der Waals surface area (Å²) in [5.41, 5.74) is 1.71. The van der Waals surface area contributed by atoms with Crippen LogP contribution in [0.1, 0.15) is 5.69 Å². The Kier molecular flexibility index (Phi) is 6.03. The van der Waals surface area contributed by atoms with E-state index in [0.29, 0.717) is 5.69 Å². The van der Waals surface area contributed by atoms with Crippen LogP contribution in [0.3, 0.4) is 0 Å². The molecule has 4 nitrogen and oxygen atoms in total. The number of aromatic nitrogens is 1. The standard InChI is InChI=1S/C14H14N4.2ClH/c15-10-13-11-2-1-3-14(12(11)4-5-17-13)18-8-6-16-7-9-18;;/h1-5,16H,6-9H2;2*1H. The molecule has 2 aromatic rings. The van der Waals surface area contributed by atoms with Crippen LogP contribution in [0, 0.1) is 11.3 Å². The number of nitrogens with one attached hydrogen (secondary N) is 1. The van der Waals surface area contributed by atoms with E-state index in [1.165, 1.54) is 5.69 Å². The van der Waals surface area contributed by atoms with Gasteiger partial charge in [-0.15, -0.1) is 24.8 Å². The first kappa shape index (κ1) is 16.5. The number of anilines is 1. The van der Waals surface area contributed by atoms with Gasteiger partial charge in [0.1, 0.15) is 11.8 Å². The highest BCUT2D eigenvalue weighted by atomic mass is 35.5. The van der Waals surface area contributed by atoms with Gasteiger partial charge in [-0.3, -0.25) is 0 Å². The number of pyridine rings is 1. The molecule has 3 rings (SSSR count). The van der Waals surface area contributed by atoms with E-state index in [1.54, 1.807) is 6.20 Å². The van der Waals surface area contributed by atoms with Gasteiger partial charge in [0.2, 0.25) is 0 Å². The van der Waals surface area contributed by atoms with Crippen molar-refractivity contribution < 1.29 is 0 Å². The lowest BCUT2D eigenvalue weighted by atomic mass is 10.1. The van der Waals surface area contributed by atoms with Crippen molar-refractivity contribution in [2.45, 2.75) is 0 Å². The molecule has 20 heavy (non-hydrogen) atoms. The number of fused-ring (bicyclic) bond motifs is 1. The predicted octanol–water partition coefficient (Wildman–Crippen LogP) is 2.36. The van der Waals surface area contributed by atoms with Crippen molar-refractivity contribution in [3.8, 4) is 6.07 Å². The highest BCUT2D eigenvalue weighted by molar-refractivity contribution is 5.96. The monoisotopic (exact) mass is 310 g/mol. The fourth-order valence-electron chi connectivity index (χ4n) is 2.46. The summed E-state index contributed by atoms with van der Waals surface area (Å²) in [5.74, 6) is 0. The summed E-state index contributed by atoms with van der Waals surface area (Å²) >= 11 is 0. The molecular weight excluding hydrogens is 295 g/mol. The normalized spacial score (nSPS) is 14.1. The second-order valence-corrected chi connectivity index (χ2v) is 4.38. The smallest absolute Gasteiger partial charge is 0.148 e. The number of rotatable bonds is 1. The summed E-state index contributed by atoms with van der Waals surface area (Å²) in [6.45, 7) is 4.02. The molecule has 0 radical (unpaired) electrons. The third-order valence-electron chi connectivity index (χ3n) is 3.35. The molecule has 1 aliphatic rings. The Labute approximate surface area is 130 Å². The van der Waals surface area contributed by atoms with Crippen molar-refractivity contribution in [3.05, 3.63) is 36.2 Å². The number of nitrogens with zero attached hydrogens (tertiary/aromatic N) is 3. The van der Waals surface area contributed by atoms with Gasteiger partial charge in [-0.1, -0.05) is 12.1 Å². The second-order valence-electron chi connectivity index (χ2n) is 4.38. The molecule has 0 bridgehead atoms. The van der Waals surface area contributed by atoms with Crippen LogP contribution in [0.25, 0.3) is 10.8 Å². The lowest BCUT2D eigenvalue weighted by Crippen LogP contribution is -2.43. The molecule has 106 valence electrons. The van der Waals surface area contributed by atoms with E-state index in [1.807, 2.05) is 18.2 Å². The van der Waals surface area contributed by atoms with Gasteiger partial charge in [0.05, 0.1) is 0 Å². The van der Waals surface area contributed by atoms with Crippen molar-refractivity contribution in [3.63, 3.8) is 0 Å². The van der Waals surface area contributed by atoms with E-state index in [4.69, 9.17) is 5.26 Å². The zero-order valence-electron chi connectivity index (χ0n) is 10.9. The summed E-state index contributed by atoms with van der Waals surface area (Å²) in [6, 6.07) is 10.2. The average Bonchev–Trinajstić information content (AvgIpc) is 2.47. The molecular formula is C14H16Cl2N4. The minimum absolute atomic E-state index is 0. The molecule has 0 spiro atoms. The maximum atomic E-state index is 9.10. The maximum absolute atomic E-state index is 9.10. The molecule has 0 saturated carbocycles. The molecule has 1 aliphatic heterocycles. The van der Waals surface area contributed by atoms with Gasteiger partial charge in [-0.05, 0) is 12.1 Å². The van der Waals surface area contributed by atoms with Gasteiger partial charge in [-0.25, -0.2) is 4.98 Å². The Morgan fingerprint density at radius 1 is 1.10 bits per heavy atom. The van der Waals surface area contributed by atoms with E-state index in [0.717, 1.165) is 37.0 Å². The fourth-order valence-corrected chi connectivity index (χ4v) is 2.46. The maximum Gasteiger partial charge on any atom is 0.148 e. The van der Waals surface area contributed by atoms with Crippen LogP contribution < -0.4 is 10.2 Å². The molecule has 6 heteroatoms. The first-order valence-corrected chi connectivity index (χ1v) is 6.13. The van der Waals surface area contributed by atoms with Crippen LogP contribution in [0.2, 0.25) is 0 Å². The van der Waals surface area contributed by atoms with Gasteiger partial charge in [-0.2, -0.15) is 5.26 Å². The minimum Gasteiger partial charge on any atom is -0.368 e. The van der Waals surface area contributed by atoms with E-state index in [2.05, 4.69) is 27.3 Å². The molecule has 0 amide bonds. The quantitative estimate of drug-likeness (QED) is 0.878. The third-order valence-corrected chi connectivity index (χ3v) is 3.35. The molecule has 1 aromatic heterocycles. The molecule has 1 saturated heterocycles. The minimum atomic E-state index is 0. The second kappa shape index (κ2) is 7.30. The summed E-state index contributed by atoms with van der Waals surface area (Å²) < 4.78 is 0. The van der Waals surface area contributed by atoms with Gasteiger partial charge in [0, 0.05) is 48.8 Å². The zero-order valence-corrected chi connectivity index (χ0v) is 12.5. The molecule has 0 unspecified atom stereocenters. The van der Waals surface area contributed by atoms with Crippen molar-refractivity contribution >= 4 is 41.3 Å². The van der Waals surface area contributed by atoms with Gasteiger partial charge >= 0.3 is 0 Å². The topological polar surface area (TPSA) is 52.0 Å². The first-order valence-electron chi connectivity index (χ1n) is 6.13. The van der Waals surface area contributed by atoms with Crippen molar-refractivity contribution in [1.82, 2.24) is 10.3 Å². The van der Waals surface area contributed by atoms with Crippen LogP contribution >= 0.6 is 24.8 Å². The molecule has 2 heterocycles. The molecule has 0 atom stereocenters. The van der Waals surface area contributed by atoms with E-state index >= 15 is 0 Å². The molecule has 1 N–H and O–H groups in total. The number of hydrogen-bond acceptors (Lipinski definition) is 4. The van der Waals surface area contributed by atoms with Crippen molar-refractivity contribution in [2.75, 3.05) is 31.1 Å². The first-order chi connectivity index (χ1) is 8.90. The lowest BCUT2D eigenvalue weighted by Gasteiger charge is -2.30. The Hall–Kier alpha value is -1.54. The number of hydrogen-bond donors (Lipinski definition) is 1. The third kappa shape index (κ3) is 2.96. The predicted molar refractivity (Wildman–Crippen MR) is 86.0 cm³/mol. The lowest BCUT2D eigenvalue weighted by molar-refractivity contribution is 0.590. The highest BCUT2D eigenvalue weighted by Gasteiger charge is 2.14. The Morgan fingerprint density at radius 2 is 1.85 bits per heavy atom. The van der Waals surface area contributed by atoms with Crippen LogP contribution in [0.15, 0.2) is 30.5 Å². The number of benzene rings is 1.